The van der Waals surface area contributed by atoms with Crippen LogP contribution >= 0.6 is 11.8 Å². The van der Waals surface area contributed by atoms with Gasteiger partial charge in [-0.25, -0.2) is 0 Å². The Morgan fingerprint density at radius 2 is 2.00 bits per heavy atom. The van der Waals surface area contributed by atoms with E-state index in [9.17, 15) is 4.79 Å². The van der Waals surface area contributed by atoms with Gasteiger partial charge in [0.25, 0.3) is 5.91 Å². The summed E-state index contributed by atoms with van der Waals surface area (Å²) >= 11 is 1.73. The molecule has 4 nitrogen and oxygen atoms in total. The number of nitrogens with zero attached hydrogens (tertiary/aromatic N) is 1. The van der Waals surface area contributed by atoms with Crippen molar-refractivity contribution in [3.8, 4) is 0 Å². The number of carbonyl (C=O) groups excluding carboxylic acids is 1. The SMILES string of the molecule is Cc1cc(C(C)NC(=O)c2ccc(SCc3cccnc3)cc2)c(C)o1. The van der Waals surface area contributed by atoms with Crippen molar-refractivity contribution in [3.63, 3.8) is 0 Å². The lowest BCUT2D eigenvalue weighted by Gasteiger charge is -2.13. The number of thioether (sulfide) groups is 1. The minimum Gasteiger partial charge on any atom is -0.466 e. The van der Waals surface area contributed by atoms with Gasteiger partial charge in [0, 0.05) is 34.2 Å². The van der Waals surface area contributed by atoms with E-state index in [0.717, 1.165) is 27.7 Å². The standard InChI is InChI=1S/C21H22N2O2S/c1-14-11-20(16(3)25-14)15(2)23-21(24)18-6-8-19(9-7-18)26-13-17-5-4-10-22-12-17/h4-12,15H,13H2,1-3H3,(H,23,24). The molecule has 5 heteroatoms. The van der Waals surface area contributed by atoms with E-state index in [1.54, 1.807) is 18.0 Å². The molecule has 3 aromatic rings. The Bertz CT molecular complexity index is 873. The van der Waals surface area contributed by atoms with Crippen LogP contribution in [0.3, 0.4) is 0 Å². The van der Waals surface area contributed by atoms with E-state index < -0.39 is 0 Å². The van der Waals surface area contributed by atoms with E-state index in [1.165, 1.54) is 5.56 Å². The maximum atomic E-state index is 12.5. The molecule has 1 atom stereocenters. The molecule has 1 unspecified atom stereocenters. The molecule has 0 spiro atoms. The third-order valence-electron chi connectivity index (χ3n) is 4.14. The van der Waals surface area contributed by atoms with E-state index in [4.69, 9.17) is 4.42 Å². The highest BCUT2D eigenvalue weighted by atomic mass is 32.2. The normalized spacial score (nSPS) is 12.0. The first-order valence-electron chi connectivity index (χ1n) is 8.52. The molecule has 0 saturated carbocycles. The second-order valence-corrected chi connectivity index (χ2v) is 7.29. The number of hydrogen-bond donors (Lipinski definition) is 1. The van der Waals surface area contributed by atoms with Crippen LogP contribution < -0.4 is 5.32 Å². The number of nitrogens with one attached hydrogen (secondary N) is 1. The van der Waals surface area contributed by atoms with Crippen molar-refractivity contribution >= 4 is 17.7 Å². The molecule has 3 rings (SSSR count). The number of aromatic nitrogens is 1. The number of aryl methyl sites for hydroxylation is 2. The van der Waals surface area contributed by atoms with Gasteiger partial charge in [-0.1, -0.05) is 6.07 Å². The molecule has 0 radical (unpaired) electrons. The molecule has 0 saturated heterocycles. The van der Waals surface area contributed by atoms with Crippen LogP contribution in [0, 0.1) is 13.8 Å². The zero-order valence-electron chi connectivity index (χ0n) is 15.2. The third-order valence-corrected chi connectivity index (χ3v) is 5.22. The number of furan rings is 1. The molecule has 2 heterocycles. The fourth-order valence-electron chi connectivity index (χ4n) is 2.79. The third kappa shape index (κ3) is 4.55. The van der Waals surface area contributed by atoms with Gasteiger partial charge in [0.15, 0.2) is 0 Å². The van der Waals surface area contributed by atoms with Crippen molar-refractivity contribution in [3.05, 3.63) is 83.1 Å². The van der Waals surface area contributed by atoms with Crippen molar-refractivity contribution < 1.29 is 9.21 Å². The van der Waals surface area contributed by atoms with Gasteiger partial charge >= 0.3 is 0 Å². The van der Waals surface area contributed by atoms with Crippen LogP contribution in [-0.4, -0.2) is 10.9 Å². The molecular formula is C21H22N2O2S. The first kappa shape index (κ1) is 18.3. The summed E-state index contributed by atoms with van der Waals surface area (Å²) in [6.45, 7) is 5.79. The average molecular weight is 366 g/mol. The number of rotatable bonds is 6. The van der Waals surface area contributed by atoms with Gasteiger partial charge in [0.2, 0.25) is 0 Å². The van der Waals surface area contributed by atoms with Crippen LogP contribution in [-0.2, 0) is 5.75 Å². The van der Waals surface area contributed by atoms with Crippen LogP contribution in [0.25, 0.3) is 0 Å². The van der Waals surface area contributed by atoms with Crippen LogP contribution in [0.5, 0.6) is 0 Å². The maximum Gasteiger partial charge on any atom is 0.251 e. The molecule has 0 aliphatic heterocycles. The summed E-state index contributed by atoms with van der Waals surface area (Å²) in [4.78, 5) is 17.7. The number of carbonyl (C=O) groups is 1. The number of hydrogen-bond acceptors (Lipinski definition) is 4. The molecule has 1 N–H and O–H groups in total. The molecular weight excluding hydrogens is 344 g/mol. The monoisotopic (exact) mass is 366 g/mol. The molecule has 0 fully saturated rings. The van der Waals surface area contributed by atoms with E-state index in [2.05, 4.69) is 16.4 Å². The Balaban J connectivity index is 1.59. The van der Waals surface area contributed by atoms with Gasteiger partial charge < -0.3 is 9.73 Å². The van der Waals surface area contributed by atoms with Crippen LogP contribution in [0.2, 0.25) is 0 Å². The van der Waals surface area contributed by atoms with Crippen molar-refractivity contribution in [1.29, 1.82) is 0 Å². The predicted octanol–water partition coefficient (Wildman–Crippen LogP) is 5.07. The van der Waals surface area contributed by atoms with E-state index in [1.807, 2.05) is 63.4 Å². The lowest BCUT2D eigenvalue weighted by atomic mass is 10.1. The van der Waals surface area contributed by atoms with E-state index >= 15 is 0 Å². The summed E-state index contributed by atoms with van der Waals surface area (Å²) in [5.74, 6) is 2.47. The van der Waals surface area contributed by atoms with Crippen molar-refractivity contribution in [2.24, 2.45) is 0 Å². The number of amides is 1. The van der Waals surface area contributed by atoms with Gasteiger partial charge in [0.1, 0.15) is 11.5 Å². The van der Waals surface area contributed by atoms with E-state index in [-0.39, 0.29) is 11.9 Å². The topological polar surface area (TPSA) is 55.1 Å². The molecule has 26 heavy (non-hydrogen) atoms. The minimum absolute atomic E-state index is 0.0837. The van der Waals surface area contributed by atoms with Gasteiger partial charge in [-0.05, 0) is 62.7 Å². The zero-order chi connectivity index (χ0) is 18.5. The largest absolute Gasteiger partial charge is 0.466 e. The zero-order valence-corrected chi connectivity index (χ0v) is 16.0. The Labute approximate surface area is 158 Å². The first-order chi connectivity index (χ1) is 12.5. The summed E-state index contributed by atoms with van der Waals surface area (Å²) in [6, 6.07) is 13.6. The van der Waals surface area contributed by atoms with Gasteiger partial charge in [0.05, 0.1) is 6.04 Å². The van der Waals surface area contributed by atoms with Crippen LogP contribution in [0.15, 0.2) is 64.2 Å². The Hall–Kier alpha value is -2.53. The van der Waals surface area contributed by atoms with Crippen molar-refractivity contribution in [1.82, 2.24) is 10.3 Å². The second kappa shape index (κ2) is 8.23. The van der Waals surface area contributed by atoms with Crippen molar-refractivity contribution in [2.45, 2.75) is 37.5 Å². The highest BCUT2D eigenvalue weighted by molar-refractivity contribution is 7.98. The second-order valence-electron chi connectivity index (χ2n) is 6.24. The van der Waals surface area contributed by atoms with Crippen LogP contribution in [0.4, 0.5) is 0 Å². The Morgan fingerprint density at radius 1 is 1.23 bits per heavy atom. The fourth-order valence-corrected chi connectivity index (χ4v) is 3.62. The average Bonchev–Trinajstić information content (AvgIpc) is 2.99. The van der Waals surface area contributed by atoms with Gasteiger partial charge in [-0.15, -0.1) is 11.8 Å². The fraction of sp³-hybridized carbons (Fsp3) is 0.238. The molecule has 2 aromatic heterocycles. The number of benzene rings is 1. The molecule has 134 valence electrons. The Kier molecular flexibility index (Phi) is 5.78. The summed E-state index contributed by atoms with van der Waals surface area (Å²) < 4.78 is 5.54. The van der Waals surface area contributed by atoms with Gasteiger partial charge in [-0.3, -0.25) is 9.78 Å². The lowest BCUT2D eigenvalue weighted by molar-refractivity contribution is 0.0939. The summed E-state index contributed by atoms with van der Waals surface area (Å²) in [5.41, 5.74) is 2.85. The van der Waals surface area contributed by atoms with Crippen molar-refractivity contribution in [2.75, 3.05) is 0 Å². The quantitative estimate of drug-likeness (QED) is 0.619. The molecule has 0 bridgehead atoms. The smallest absolute Gasteiger partial charge is 0.251 e. The number of pyridine rings is 1. The lowest BCUT2D eigenvalue weighted by Crippen LogP contribution is -2.26. The van der Waals surface area contributed by atoms with Crippen LogP contribution in [0.1, 0.15) is 46.0 Å². The molecule has 0 aliphatic rings. The molecule has 0 aliphatic carbocycles. The minimum atomic E-state index is -0.0976. The summed E-state index contributed by atoms with van der Waals surface area (Å²) in [6.07, 6.45) is 3.64. The maximum absolute atomic E-state index is 12.5. The summed E-state index contributed by atoms with van der Waals surface area (Å²) in [7, 11) is 0. The molecule has 1 amide bonds. The Morgan fingerprint density at radius 3 is 2.62 bits per heavy atom. The first-order valence-corrected chi connectivity index (χ1v) is 9.51. The van der Waals surface area contributed by atoms with Gasteiger partial charge in [-0.2, -0.15) is 0 Å². The summed E-state index contributed by atoms with van der Waals surface area (Å²) in [5, 5.41) is 3.03. The highest BCUT2D eigenvalue weighted by Crippen LogP contribution is 2.24. The molecule has 1 aromatic carbocycles. The van der Waals surface area contributed by atoms with E-state index in [0.29, 0.717) is 5.56 Å². The highest BCUT2D eigenvalue weighted by Gasteiger charge is 2.16. The predicted molar refractivity (Wildman–Crippen MR) is 104 cm³/mol.